The highest BCUT2D eigenvalue weighted by molar-refractivity contribution is 7.92. The average molecular weight is 580 g/mol. The molecule has 9 heteroatoms. The maximum atomic E-state index is 14.1. The minimum Gasteiger partial charge on any atom is -0.352 e. The van der Waals surface area contributed by atoms with Crippen LogP contribution in [0.15, 0.2) is 77.7 Å². The number of anilines is 1. The van der Waals surface area contributed by atoms with Gasteiger partial charge in [0.1, 0.15) is 18.4 Å². The molecule has 1 atom stereocenters. The van der Waals surface area contributed by atoms with Gasteiger partial charge < -0.3 is 10.2 Å². The van der Waals surface area contributed by atoms with E-state index in [1.54, 1.807) is 42.5 Å². The second kappa shape index (κ2) is 13.3. The van der Waals surface area contributed by atoms with Crippen LogP contribution in [0.1, 0.15) is 55.7 Å². The molecular formula is C32H38FN3O4S. The quantitative estimate of drug-likeness (QED) is 0.325. The first-order chi connectivity index (χ1) is 19.6. The van der Waals surface area contributed by atoms with Crippen molar-refractivity contribution in [1.29, 1.82) is 0 Å². The molecule has 3 aromatic rings. The first kappa shape index (κ1) is 30.2. The molecule has 1 aliphatic rings. The smallest absolute Gasteiger partial charge is 0.264 e. The topological polar surface area (TPSA) is 86.8 Å². The van der Waals surface area contributed by atoms with Gasteiger partial charge in [0.2, 0.25) is 11.8 Å². The molecule has 0 radical (unpaired) electrons. The lowest BCUT2D eigenvalue weighted by Crippen LogP contribution is -2.53. The van der Waals surface area contributed by atoms with Crippen LogP contribution >= 0.6 is 0 Å². The standard InChI is InChI=1S/C32H38FN3O4S/c1-4-30(32(38)34-27-10-8-9-11-27)35(21-25-15-17-26(33)18-16-25)31(37)22-36(28-19-14-23(2)24(3)20-28)41(39,40)29-12-6-5-7-13-29/h5-7,12-20,27,30H,4,8-11,21-22H2,1-3H3,(H,34,38)/t30-/m1/s1. The first-order valence-electron chi connectivity index (χ1n) is 14.1. The molecule has 0 saturated heterocycles. The van der Waals surface area contributed by atoms with Crippen LogP contribution in [0.25, 0.3) is 0 Å². The number of hydrogen-bond acceptors (Lipinski definition) is 4. The summed E-state index contributed by atoms with van der Waals surface area (Å²) in [5.41, 5.74) is 2.87. The SMILES string of the molecule is CC[C@H](C(=O)NC1CCCC1)N(Cc1ccc(F)cc1)C(=O)CN(c1ccc(C)c(C)c1)S(=O)(=O)c1ccccc1. The van der Waals surface area contributed by atoms with Crippen LogP contribution in [-0.4, -0.2) is 43.8 Å². The van der Waals surface area contributed by atoms with E-state index in [1.807, 2.05) is 26.8 Å². The van der Waals surface area contributed by atoms with Gasteiger partial charge in [0.15, 0.2) is 0 Å². The maximum absolute atomic E-state index is 14.1. The van der Waals surface area contributed by atoms with E-state index >= 15 is 0 Å². The number of sulfonamides is 1. The molecule has 0 unspecified atom stereocenters. The van der Waals surface area contributed by atoms with Gasteiger partial charge in [-0.25, -0.2) is 12.8 Å². The Morgan fingerprint density at radius 2 is 1.61 bits per heavy atom. The van der Waals surface area contributed by atoms with Crippen LogP contribution in [0.4, 0.5) is 10.1 Å². The Morgan fingerprint density at radius 3 is 2.22 bits per heavy atom. The number of nitrogens with one attached hydrogen (secondary N) is 1. The molecule has 2 amide bonds. The minimum absolute atomic E-state index is 0.0296. The lowest BCUT2D eigenvalue weighted by molar-refractivity contribution is -0.140. The fraction of sp³-hybridized carbons (Fsp3) is 0.375. The van der Waals surface area contributed by atoms with E-state index in [0.717, 1.165) is 41.1 Å². The van der Waals surface area contributed by atoms with E-state index in [1.165, 1.54) is 29.2 Å². The molecule has 0 spiro atoms. The Bertz CT molecular complexity index is 1460. The second-order valence-corrected chi connectivity index (χ2v) is 12.5. The van der Waals surface area contributed by atoms with E-state index in [4.69, 9.17) is 0 Å². The molecule has 1 aliphatic carbocycles. The van der Waals surface area contributed by atoms with Crippen LogP contribution in [0.3, 0.4) is 0 Å². The lowest BCUT2D eigenvalue weighted by Gasteiger charge is -2.34. The van der Waals surface area contributed by atoms with Crippen LogP contribution < -0.4 is 9.62 Å². The molecule has 218 valence electrons. The van der Waals surface area contributed by atoms with Crippen molar-refractivity contribution in [3.63, 3.8) is 0 Å². The summed E-state index contributed by atoms with van der Waals surface area (Å²) in [5.74, 6) is -1.20. The number of nitrogens with zero attached hydrogens (tertiary/aromatic N) is 2. The molecule has 0 bridgehead atoms. The summed E-state index contributed by atoms with van der Waals surface area (Å²) in [6.45, 7) is 5.16. The van der Waals surface area contributed by atoms with Crippen molar-refractivity contribution in [2.45, 2.75) is 76.4 Å². The first-order valence-corrected chi connectivity index (χ1v) is 15.5. The number of carbonyl (C=O) groups excluding carboxylic acids is 2. The monoisotopic (exact) mass is 579 g/mol. The van der Waals surface area contributed by atoms with Gasteiger partial charge in [0.25, 0.3) is 10.0 Å². The van der Waals surface area contributed by atoms with Crippen LogP contribution in [0.5, 0.6) is 0 Å². The van der Waals surface area contributed by atoms with Crippen molar-refractivity contribution in [1.82, 2.24) is 10.2 Å². The molecule has 1 fully saturated rings. The van der Waals surface area contributed by atoms with Gasteiger partial charge in [0.05, 0.1) is 10.6 Å². The number of rotatable bonds is 11. The van der Waals surface area contributed by atoms with E-state index in [0.29, 0.717) is 17.7 Å². The number of benzene rings is 3. The molecule has 1 saturated carbocycles. The van der Waals surface area contributed by atoms with Gasteiger partial charge in [-0.15, -0.1) is 0 Å². The number of halogens is 1. The number of aryl methyl sites for hydroxylation is 2. The van der Waals surface area contributed by atoms with Crippen molar-refractivity contribution in [3.05, 3.63) is 95.3 Å². The van der Waals surface area contributed by atoms with Crippen molar-refractivity contribution < 1.29 is 22.4 Å². The van der Waals surface area contributed by atoms with Crippen molar-refractivity contribution in [2.24, 2.45) is 0 Å². The molecule has 7 nitrogen and oxygen atoms in total. The number of hydrogen-bond donors (Lipinski definition) is 1. The summed E-state index contributed by atoms with van der Waals surface area (Å²) in [6, 6.07) is 18.2. The third-order valence-corrected chi connectivity index (χ3v) is 9.53. The van der Waals surface area contributed by atoms with Crippen LogP contribution in [0.2, 0.25) is 0 Å². The average Bonchev–Trinajstić information content (AvgIpc) is 3.47. The summed E-state index contributed by atoms with van der Waals surface area (Å²) < 4.78 is 42.6. The summed E-state index contributed by atoms with van der Waals surface area (Å²) in [4.78, 5) is 29.1. The predicted octanol–water partition coefficient (Wildman–Crippen LogP) is 5.50. The van der Waals surface area contributed by atoms with E-state index in [9.17, 15) is 22.4 Å². The van der Waals surface area contributed by atoms with Crippen molar-refractivity contribution in [2.75, 3.05) is 10.8 Å². The Balaban J connectivity index is 1.72. The highest BCUT2D eigenvalue weighted by Crippen LogP contribution is 2.27. The molecule has 41 heavy (non-hydrogen) atoms. The summed E-state index contributed by atoms with van der Waals surface area (Å²) >= 11 is 0. The van der Waals surface area contributed by atoms with Crippen molar-refractivity contribution >= 4 is 27.5 Å². The van der Waals surface area contributed by atoms with Crippen LogP contribution in [0, 0.1) is 19.7 Å². The second-order valence-electron chi connectivity index (χ2n) is 10.7. The third kappa shape index (κ3) is 7.33. The number of carbonyl (C=O) groups is 2. The zero-order chi connectivity index (χ0) is 29.6. The summed E-state index contributed by atoms with van der Waals surface area (Å²) in [5, 5.41) is 3.09. The summed E-state index contributed by atoms with van der Waals surface area (Å²) in [6.07, 6.45) is 4.21. The molecule has 0 aromatic heterocycles. The highest BCUT2D eigenvalue weighted by atomic mass is 32.2. The van der Waals surface area contributed by atoms with Crippen molar-refractivity contribution in [3.8, 4) is 0 Å². The molecule has 3 aromatic carbocycles. The molecule has 4 rings (SSSR count). The predicted molar refractivity (Wildman–Crippen MR) is 158 cm³/mol. The normalized spacial score (nSPS) is 14.4. The Morgan fingerprint density at radius 1 is 0.951 bits per heavy atom. The lowest BCUT2D eigenvalue weighted by atomic mass is 10.1. The largest absolute Gasteiger partial charge is 0.352 e. The minimum atomic E-state index is -4.13. The van der Waals surface area contributed by atoms with Gasteiger partial charge in [0, 0.05) is 12.6 Å². The Hall–Kier alpha value is -3.72. The Labute approximate surface area is 242 Å². The fourth-order valence-corrected chi connectivity index (χ4v) is 6.63. The summed E-state index contributed by atoms with van der Waals surface area (Å²) in [7, 11) is -4.13. The maximum Gasteiger partial charge on any atom is 0.264 e. The zero-order valence-electron chi connectivity index (χ0n) is 23.8. The Kier molecular flexibility index (Phi) is 9.81. The van der Waals surface area contributed by atoms with Gasteiger partial charge >= 0.3 is 0 Å². The van der Waals surface area contributed by atoms with E-state index < -0.39 is 34.3 Å². The van der Waals surface area contributed by atoms with Gasteiger partial charge in [-0.2, -0.15) is 0 Å². The molecular weight excluding hydrogens is 541 g/mol. The van der Waals surface area contributed by atoms with Gasteiger partial charge in [-0.3, -0.25) is 13.9 Å². The highest BCUT2D eigenvalue weighted by Gasteiger charge is 2.34. The number of amides is 2. The zero-order valence-corrected chi connectivity index (χ0v) is 24.7. The van der Waals surface area contributed by atoms with Gasteiger partial charge in [-0.05, 0) is 86.2 Å². The molecule has 0 aliphatic heterocycles. The van der Waals surface area contributed by atoms with E-state index in [2.05, 4.69) is 5.32 Å². The fourth-order valence-electron chi connectivity index (χ4n) is 5.20. The van der Waals surface area contributed by atoms with E-state index in [-0.39, 0.29) is 23.4 Å². The third-order valence-electron chi connectivity index (χ3n) is 7.74. The molecule has 1 N–H and O–H groups in total. The molecule has 0 heterocycles. The van der Waals surface area contributed by atoms with Crippen LogP contribution in [-0.2, 0) is 26.2 Å². The van der Waals surface area contributed by atoms with Gasteiger partial charge in [-0.1, -0.05) is 56.2 Å².